The molecule has 0 radical (unpaired) electrons. The number of rotatable bonds is 2. The minimum absolute atomic E-state index is 1.07. The van der Waals surface area contributed by atoms with Gasteiger partial charge >= 0.3 is 0 Å². The maximum absolute atomic E-state index is 4.61. The Balaban J connectivity index is 2.09. The smallest absolute Gasteiger partial charge is 0.150 e. The molecule has 0 N–H and O–H groups in total. The van der Waals surface area contributed by atoms with Crippen LogP contribution in [0.5, 0.6) is 0 Å². The number of hydrogen-bond donors (Lipinski definition) is 0. The topological polar surface area (TPSA) is 21.1 Å². The van der Waals surface area contributed by atoms with Gasteiger partial charge in [0, 0.05) is 55.0 Å². The summed E-state index contributed by atoms with van der Waals surface area (Å²) in [5.74, 6) is 0. The number of aromatic nitrogens is 2. The second kappa shape index (κ2) is 4.68. The Labute approximate surface area is 117 Å². The predicted octanol–water partition coefficient (Wildman–Crippen LogP) is 3.79. The highest BCUT2D eigenvalue weighted by Crippen LogP contribution is 2.30. The van der Waals surface area contributed by atoms with Crippen molar-refractivity contribution in [2.24, 2.45) is 0 Å². The van der Waals surface area contributed by atoms with Gasteiger partial charge in [0.25, 0.3) is 0 Å². The number of hydrogen-bond acceptors (Lipinski definition) is 3. The van der Waals surface area contributed by atoms with E-state index >= 15 is 0 Å². The van der Waals surface area contributed by atoms with E-state index in [0.717, 1.165) is 5.65 Å². The summed E-state index contributed by atoms with van der Waals surface area (Å²) in [6.07, 6.45) is 6.78. The maximum Gasteiger partial charge on any atom is 0.150 e. The zero-order chi connectivity index (χ0) is 11.8. The summed E-state index contributed by atoms with van der Waals surface area (Å²) in [5.41, 5.74) is 3.65. The molecule has 0 aliphatic carbocycles. The average Bonchev–Trinajstić information content (AvgIpc) is 2.97. The first-order chi connectivity index (χ1) is 8.29. The summed E-state index contributed by atoms with van der Waals surface area (Å²) in [6, 6.07) is 2.28. The number of aryl methyl sites for hydroxylation is 1. The number of halogens is 1. The highest BCUT2D eigenvalue weighted by molar-refractivity contribution is 14.2. The maximum atomic E-state index is 4.61. The molecule has 2 aromatic rings. The quantitative estimate of drug-likeness (QED) is 0.762. The fraction of sp³-hybridized carbons (Fsp3) is 0.417. The van der Waals surface area contributed by atoms with Gasteiger partial charge in [-0.2, -0.15) is 0 Å². The molecule has 3 heterocycles. The lowest BCUT2D eigenvalue weighted by Gasteiger charge is -2.17. The molecular weight excluding hydrogens is 345 g/mol. The molecule has 1 saturated heterocycles. The third kappa shape index (κ3) is 2.03. The van der Waals surface area contributed by atoms with Crippen LogP contribution in [-0.4, -0.2) is 22.0 Å². The molecule has 5 heteroatoms. The van der Waals surface area contributed by atoms with Gasteiger partial charge < -0.3 is 4.90 Å². The molecule has 17 heavy (non-hydrogen) atoms. The van der Waals surface area contributed by atoms with E-state index in [0.29, 0.717) is 0 Å². The van der Waals surface area contributed by atoms with Crippen molar-refractivity contribution in [2.75, 3.05) is 18.0 Å². The van der Waals surface area contributed by atoms with Gasteiger partial charge in [0.05, 0.1) is 11.9 Å². The Hall–Kier alpha value is -0.430. The lowest BCUT2D eigenvalue weighted by Crippen LogP contribution is -2.17. The monoisotopic (exact) mass is 359 g/mol. The Kier molecular flexibility index (Phi) is 3.21. The first kappa shape index (κ1) is 11.6. The van der Waals surface area contributed by atoms with Gasteiger partial charge in [-0.3, -0.25) is 3.97 Å². The lowest BCUT2D eigenvalue weighted by molar-refractivity contribution is 0.949. The van der Waals surface area contributed by atoms with Gasteiger partial charge in [-0.15, -0.1) is 0 Å². The molecule has 90 valence electrons. The van der Waals surface area contributed by atoms with Crippen molar-refractivity contribution >= 4 is 47.0 Å². The molecule has 0 aromatic carbocycles. The zero-order valence-electron chi connectivity index (χ0n) is 9.69. The molecular formula is C12H14IN3S. The van der Waals surface area contributed by atoms with Gasteiger partial charge in [0.15, 0.2) is 5.65 Å². The molecule has 1 fully saturated rings. The van der Waals surface area contributed by atoms with E-state index < -0.39 is 0 Å². The minimum Gasteiger partial charge on any atom is -0.370 e. The van der Waals surface area contributed by atoms with E-state index in [1.54, 1.807) is 9.12 Å². The van der Waals surface area contributed by atoms with Gasteiger partial charge in [-0.05, 0) is 31.4 Å². The van der Waals surface area contributed by atoms with Crippen LogP contribution >= 0.6 is 30.3 Å². The molecule has 0 amide bonds. The Bertz CT molecular complexity index is 546. The van der Waals surface area contributed by atoms with Crippen LogP contribution in [0, 0.1) is 6.92 Å². The fourth-order valence-electron chi connectivity index (χ4n) is 2.42. The van der Waals surface area contributed by atoms with Gasteiger partial charge in [0.2, 0.25) is 0 Å². The number of fused-ring (bicyclic) bond motifs is 1. The van der Waals surface area contributed by atoms with Crippen molar-refractivity contribution < 1.29 is 0 Å². The van der Waals surface area contributed by atoms with E-state index in [2.05, 4.69) is 54.2 Å². The number of pyridine rings is 1. The fourth-order valence-corrected chi connectivity index (χ4v) is 3.73. The van der Waals surface area contributed by atoms with Gasteiger partial charge in [0.1, 0.15) is 0 Å². The lowest BCUT2D eigenvalue weighted by atomic mass is 10.2. The molecule has 3 nitrogen and oxygen atoms in total. The molecule has 0 unspecified atom stereocenters. The Morgan fingerprint density at radius 3 is 2.82 bits per heavy atom. The van der Waals surface area contributed by atoms with Crippen molar-refractivity contribution in [2.45, 2.75) is 19.8 Å². The highest BCUT2D eigenvalue weighted by Gasteiger charge is 2.15. The van der Waals surface area contributed by atoms with Crippen molar-refractivity contribution in [1.29, 1.82) is 0 Å². The van der Waals surface area contributed by atoms with Crippen molar-refractivity contribution in [3.8, 4) is 0 Å². The summed E-state index contributed by atoms with van der Waals surface area (Å²) in [5, 5.41) is 1.28. The van der Waals surface area contributed by atoms with Gasteiger partial charge in [-0.1, -0.05) is 0 Å². The Morgan fingerprint density at radius 2 is 2.12 bits per heavy atom. The van der Waals surface area contributed by atoms with Gasteiger partial charge in [-0.25, -0.2) is 4.98 Å². The van der Waals surface area contributed by atoms with E-state index in [1.807, 2.05) is 6.20 Å². The van der Waals surface area contributed by atoms with Crippen molar-refractivity contribution in [3.63, 3.8) is 0 Å². The zero-order valence-corrected chi connectivity index (χ0v) is 12.7. The minimum atomic E-state index is 1.07. The van der Waals surface area contributed by atoms with Crippen LogP contribution in [0.3, 0.4) is 0 Å². The van der Waals surface area contributed by atoms with Crippen LogP contribution in [0.2, 0.25) is 0 Å². The number of anilines is 1. The van der Waals surface area contributed by atoms with E-state index in [4.69, 9.17) is 0 Å². The largest absolute Gasteiger partial charge is 0.370 e. The average molecular weight is 359 g/mol. The number of nitrogens with zero attached hydrogens (tertiary/aromatic N) is 3. The summed E-state index contributed by atoms with van der Waals surface area (Å²) in [7, 11) is 1.67. The highest BCUT2D eigenvalue weighted by atomic mass is 127. The SMILES string of the molecule is Cc1cn(SI)c2ncc(N3CCCC3)cc12. The van der Waals surface area contributed by atoms with E-state index in [1.165, 1.54) is 42.6 Å². The molecule has 0 atom stereocenters. The van der Waals surface area contributed by atoms with Crippen LogP contribution in [0.15, 0.2) is 18.5 Å². The Morgan fingerprint density at radius 1 is 1.35 bits per heavy atom. The molecule has 0 bridgehead atoms. The predicted molar refractivity (Wildman–Crippen MR) is 82.9 cm³/mol. The van der Waals surface area contributed by atoms with E-state index in [-0.39, 0.29) is 0 Å². The van der Waals surface area contributed by atoms with Crippen LogP contribution in [0.1, 0.15) is 18.4 Å². The molecule has 2 aromatic heterocycles. The summed E-state index contributed by atoms with van der Waals surface area (Å²) in [4.78, 5) is 7.04. The summed E-state index contributed by atoms with van der Waals surface area (Å²) in [6.45, 7) is 4.50. The standard InChI is InChI=1S/C12H14IN3S/c1-9-8-16(17-13)12-11(9)6-10(7-14-12)15-4-2-3-5-15/h6-8H,2-5H2,1H3. The molecule has 1 aliphatic heterocycles. The first-order valence-corrected chi connectivity index (χ1v) is 9.13. The second-order valence-corrected chi connectivity index (χ2v) is 6.18. The third-order valence-corrected chi connectivity index (χ3v) is 5.04. The molecule has 0 spiro atoms. The van der Waals surface area contributed by atoms with Crippen molar-refractivity contribution in [1.82, 2.24) is 8.96 Å². The first-order valence-electron chi connectivity index (χ1n) is 5.81. The van der Waals surface area contributed by atoms with E-state index in [9.17, 15) is 0 Å². The summed E-state index contributed by atoms with van der Waals surface area (Å²) < 4.78 is 2.12. The van der Waals surface area contributed by atoms with Crippen LogP contribution in [0.25, 0.3) is 11.0 Å². The third-order valence-electron chi connectivity index (χ3n) is 3.34. The molecule has 1 aliphatic rings. The summed E-state index contributed by atoms with van der Waals surface area (Å²) >= 11 is 2.29. The van der Waals surface area contributed by atoms with Crippen LogP contribution in [0.4, 0.5) is 5.69 Å². The molecule has 0 saturated carbocycles. The van der Waals surface area contributed by atoms with Crippen LogP contribution in [-0.2, 0) is 0 Å². The normalized spacial score (nSPS) is 16.0. The van der Waals surface area contributed by atoms with Crippen molar-refractivity contribution in [3.05, 3.63) is 24.0 Å². The molecule has 3 rings (SSSR count). The van der Waals surface area contributed by atoms with Crippen LogP contribution < -0.4 is 4.90 Å². The second-order valence-electron chi connectivity index (χ2n) is 4.47.